The van der Waals surface area contributed by atoms with Crippen molar-refractivity contribution in [2.24, 2.45) is 0 Å². The predicted molar refractivity (Wildman–Crippen MR) is 83.5 cm³/mol. The molecule has 0 aliphatic heterocycles. The van der Waals surface area contributed by atoms with Crippen LogP contribution in [0, 0.1) is 0 Å². The van der Waals surface area contributed by atoms with Crippen molar-refractivity contribution in [3.8, 4) is 0 Å². The first-order chi connectivity index (χ1) is 10.7. The Kier molecular flexibility index (Phi) is 3.91. The summed E-state index contributed by atoms with van der Waals surface area (Å²) in [4.78, 5) is 32.3. The number of aromatic nitrogens is 3. The third-order valence-corrected chi connectivity index (χ3v) is 3.28. The first-order valence-corrected chi connectivity index (χ1v) is 6.88. The lowest BCUT2D eigenvalue weighted by Crippen LogP contribution is -2.23. The van der Waals surface area contributed by atoms with E-state index in [1.54, 1.807) is 42.7 Å². The van der Waals surface area contributed by atoms with E-state index >= 15 is 0 Å². The molecule has 1 amide bonds. The van der Waals surface area contributed by atoms with Crippen LogP contribution in [0.3, 0.4) is 0 Å². The summed E-state index contributed by atoms with van der Waals surface area (Å²) in [5.41, 5.74) is 1.20. The van der Waals surface area contributed by atoms with Crippen LogP contribution in [0.5, 0.6) is 0 Å². The van der Waals surface area contributed by atoms with Gasteiger partial charge in [0.15, 0.2) is 0 Å². The average molecular weight is 294 g/mol. The molecule has 6 nitrogen and oxygen atoms in total. The van der Waals surface area contributed by atoms with Crippen LogP contribution in [0.2, 0.25) is 0 Å². The summed E-state index contributed by atoms with van der Waals surface area (Å²) in [7, 11) is 0. The normalized spacial score (nSPS) is 10.5. The number of benzene rings is 1. The van der Waals surface area contributed by atoms with Crippen LogP contribution in [-0.2, 0) is 11.3 Å². The maximum absolute atomic E-state index is 12.3. The van der Waals surface area contributed by atoms with Gasteiger partial charge in [-0.15, -0.1) is 0 Å². The Labute approximate surface area is 126 Å². The summed E-state index contributed by atoms with van der Waals surface area (Å²) >= 11 is 0. The molecule has 2 heterocycles. The van der Waals surface area contributed by atoms with E-state index in [4.69, 9.17) is 0 Å². The van der Waals surface area contributed by atoms with Crippen LogP contribution in [0.15, 0.2) is 59.9 Å². The summed E-state index contributed by atoms with van der Waals surface area (Å²) < 4.78 is 1.45. The molecule has 3 aromatic rings. The molecule has 0 aliphatic rings. The fourth-order valence-electron chi connectivity index (χ4n) is 2.15. The highest BCUT2D eigenvalue weighted by molar-refractivity contribution is 5.90. The number of para-hydroxylation sites is 1. The number of pyridine rings is 1. The summed E-state index contributed by atoms with van der Waals surface area (Å²) in [6, 6.07) is 10.6. The van der Waals surface area contributed by atoms with Crippen molar-refractivity contribution in [2.75, 3.05) is 5.32 Å². The maximum Gasteiger partial charge on any atom is 0.261 e. The van der Waals surface area contributed by atoms with Crippen molar-refractivity contribution in [1.29, 1.82) is 0 Å². The number of hydrogen-bond acceptors (Lipinski definition) is 4. The SMILES string of the molecule is O=C(CCn1cnc2ccccc2c1=O)Nc1ccncc1. The molecule has 0 radical (unpaired) electrons. The van der Waals surface area contributed by atoms with E-state index in [9.17, 15) is 9.59 Å². The monoisotopic (exact) mass is 294 g/mol. The molecule has 0 saturated carbocycles. The van der Waals surface area contributed by atoms with Gasteiger partial charge in [0.25, 0.3) is 5.56 Å². The van der Waals surface area contributed by atoms with Crippen LogP contribution in [0.25, 0.3) is 10.9 Å². The zero-order valence-corrected chi connectivity index (χ0v) is 11.8. The lowest BCUT2D eigenvalue weighted by atomic mass is 10.2. The fraction of sp³-hybridized carbons (Fsp3) is 0.125. The van der Waals surface area contributed by atoms with Crippen LogP contribution in [0.1, 0.15) is 6.42 Å². The highest BCUT2D eigenvalue weighted by atomic mass is 16.1. The minimum atomic E-state index is -0.161. The Hall–Kier alpha value is -3.02. The molecule has 0 fully saturated rings. The van der Waals surface area contributed by atoms with Crippen LogP contribution in [0.4, 0.5) is 5.69 Å². The second-order valence-corrected chi connectivity index (χ2v) is 4.79. The van der Waals surface area contributed by atoms with E-state index in [-0.39, 0.29) is 24.4 Å². The highest BCUT2D eigenvalue weighted by Gasteiger charge is 2.06. The van der Waals surface area contributed by atoms with Gasteiger partial charge in [0.1, 0.15) is 0 Å². The molecule has 1 aromatic carbocycles. The summed E-state index contributed by atoms with van der Waals surface area (Å²) in [5.74, 6) is -0.161. The van der Waals surface area contributed by atoms with Crippen LogP contribution >= 0.6 is 0 Å². The quantitative estimate of drug-likeness (QED) is 0.796. The van der Waals surface area contributed by atoms with E-state index in [2.05, 4.69) is 15.3 Å². The highest BCUT2D eigenvalue weighted by Crippen LogP contribution is 2.06. The fourth-order valence-corrected chi connectivity index (χ4v) is 2.15. The largest absolute Gasteiger partial charge is 0.326 e. The van der Waals surface area contributed by atoms with E-state index < -0.39 is 0 Å². The predicted octanol–water partition coefficient (Wildman–Crippen LogP) is 1.82. The second-order valence-electron chi connectivity index (χ2n) is 4.79. The molecule has 0 aliphatic carbocycles. The Morgan fingerprint density at radius 1 is 1.14 bits per heavy atom. The Balaban J connectivity index is 1.70. The van der Waals surface area contributed by atoms with Gasteiger partial charge >= 0.3 is 0 Å². The molecular formula is C16H14N4O2. The Bertz CT molecular complexity index is 859. The molecule has 0 saturated heterocycles. The van der Waals surface area contributed by atoms with E-state index in [1.165, 1.54) is 10.9 Å². The van der Waals surface area contributed by atoms with E-state index in [0.717, 1.165) is 0 Å². The topological polar surface area (TPSA) is 76.9 Å². The van der Waals surface area contributed by atoms with Gasteiger partial charge in [-0.25, -0.2) is 4.98 Å². The molecule has 0 unspecified atom stereocenters. The van der Waals surface area contributed by atoms with Crippen LogP contribution in [-0.4, -0.2) is 20.4 Å². The second kappa shape index (κ2) is 6.17. The maximum atomic E-state index is 12.3. The first kappa shape index (κ1) is 13.9. The number of anilines is 1. The molecule has 0 bridgehead atoms. The van der Waals surface area contributed by atoms with Gasteiger partial charge in [0, 0.05) is 31.0 Å². The number of hydrogen-bond donors (Lipinski definition) is 1. The molecular weight excluding hydrogens is 280 g/mol. The van der Waals surface area contributed by atoms with E-state index in [1.807, 2.05) is 6.07 Å². The number of carbonyl (C=O) groups is 1. The number of amides is 1. The standard InChI is InChI=1S/C16H14N4O2/c21-15(19-12-5-8-17-9-6-12)7-10-20-11-18-14-4-2-1-3-13(14)16(20)22/h1-6,8-9,11H,7,10H2,(H,17,19,21). The van der Waals surface area contributed by atoms with Gasteiger partial charge in [0.2, 0.25) is 5.91 Å². The van der Waals surface area contributed by atoms with Gasteiger partial charge in [-0.05, 0) is 24.3 Å². The minimum absolute atomic E-state index is 0.137. The molecule has 0 atom stereocenters. The molecule has 0 spiro atoms. The Morgan fingerprint density at radius 2 is 1.91 bits per heavy atom. The summed E-state index contributed by atoms with van der Waals surface area (Å²) in [6.45, 7) is 0.285. The number of carbonyl (C=O) groups excluding carboxylic acids is 1. The van der Waals surface area contributed by atoms with Gasteiger partial charge < -0.3 is 5.32 Å². The smallest absolute Gasteiger partial charge is 0.261 e. The van der Waals surface area contributed by atoms with Gasteiger partial charge in [-0.2, -0.15) is 0 Å². The van der Waals surface area contributed by atoms with Crippen molar-refractivity contribution in [3.05, 3.63) is 65.5 Å². The molecule has 6 heteroatoms. The molecule has 110 valence electrons. The lowest BCUT2D eigenvalue weighted by Gasteiger charge is -2.07. The number of fused-ring (bicyclic) bond motifs is 1. The lowest BCUT2D eigenvalue weighted by molar-refractivity contribution is -0.116. The molecule has 22 heavy (non-hydrogen) atoms. The van der Waals surface area contributed by atoms with Crippen LogP contribution < -0.4 is 10.9 Å². The zero-order valence-electron chi connectivity index (χ0n) is 11.8. The average Bonchev–Trinajstić information content (AvgIpc) is 2.55. The van der Waals surface area contributed by atoms with Crippen molar-refractivity contribution >= 4 is 22.5 Å². The number of nitrogens with one attached hydrogen (secondary N) is 1. The molecule has 1 N–H and O–H groups in total. The van der Waals surface area contributed by atoms with Gasteiger partial charge in [-0.3, -0.25) is 19.1 Å². The van der Waals surface area contributed by atoms with Crippen molar-refractivity contribution in [3.63, 3.8) is 0 Å². The summed E-state index contributed by atoms with van der Waals surface area (Å²) in [6.07, 6.45) is 4.88. The van der Waals surface area contributed by atoms with Gasteiger partial charge in [0.05, 0.1) is 17.2 Å². The van der Waals surface area contributed by atoms with Crippen molar-refractivity contribution in [1.82, 2.24) is 14.5 Å². The third kappa shape index (κ3) is 3.01. The number of aryl methyl sites for hydroxylation is 1. The van der Waals surface area contributed by atoms with E-state index in [0.29, 0.717) is 16.6 Å². The molecule has 3 rings (SSSR count). The van der Waals surface area contributed by atoms with Crippen molar-refractivity contribution < 1.29 is 4.79 Å². The van der Waals surface area contributed by atoms with Crippen molar-refractivity contribution in [2.45, 2.75) is 13.0 Å². The number of rotatable bonds is 4. The number of nitrogens with zero attached hydrogens (tertiary/aromatic N) is 3. The van der Waals surface area contributed by atoms with Gasteiger partial charge in [-0.1, -0.05) is 12.1 Å². The minimum Gasteiger partial charge on any atom is -0.326 e. The Morgan fingerprint density at radius 3 is 2.73 bits per heavy atom. The first-order valence-electron chi connectivity index (χ1n) is 6.88. The molecule has 2 aromatic heterocycles. The summed E-state index contributed by atoms with van der Waals surface area (Å²) in [5, 5.41) is 3.31. The zero-order chi connectivity index (χ0) is 15.4. The third-order valence-electron chi connectivity index (χ3n) is 3.28.